The zero-order valence-corrected chi connectivity index (χ0v) is 11.6. The predicted molar refractivity (Wildman–Crippen MR) is 73.7 cm³/mol. The van der Waals surface area contributed by atoms with Gasteiger partial charge in [-0.1, -0.05) is 21.4 Å². The van der Waals surface area contributed by atoms with Gasteiger partial charge < -0.3 is 4.57 Å². The van der Waals surface area contributed by atoms with E-state index >= 15 is 0 Å². The van der Waals surface area contributed by atoms with E-state index in [1.807, 2.05) is 0 Å². The zero-order valence-electron chi connectivity index (χ0n) is 9.27. The number of nitrogens with zero attached hydrogens (tertiary/aromatic N) is 2. The highest BCUT2D eigenvalue weighted by molar-refractivity contribution is 9.10. The predicted octanol–water partition coefficient (Wildman–Crippen LogP) is 1.97. The largest absolute Gasteiger partial charge is 0.314 e. The number of hydrogen-bond donors (Lipinski definition) is 0. The first-order chi connectivity index (χ1) is 7.61. The molecule has 1 aliphatic heterocycles. The highest BCUT2D eigenvalue weighted by Crippen LogP contribution is 2.32. The number of rotatable bonds is 0. The minimum absolute atomic E-state index is 0.622. The maximum Gasteiger partial charge on any atom is 0.203 e. The van der Waals surface area contributed by atoms with E-state index in [0.717, 1.165) is 24.9 Å². The van der Waals surface area contributed by atoms with E-state index in [-0.39, 0.29) is 0 Å². The second-order valence-corrected chi connectivity index (χ2v) is 5.51. The van der Waals surface area contributed by atoms with Crippen molar-refractivity contribution in [1.29, 1.82) is 0 Å². The maximum absolute atomic E-state index is 6.19. The summed E-state index contributed by atoms with van der Waals surface area (Å²) >= 11 is 9.84. The molecule has 0 bridgehead atoms. The summed E-state index contributed by atoms with van der Waals surface area (Å²) in [5.41, 5.74) is 6.23. The summed E-state index contributed by atoms with van der Waals surface area (Å²) in [6.07, 6.45) is 2.28. The summed E-state index contributed by atoms with van der Waals surface area (Å²) in [6, 6.07) is 0. The molecular formula is C11H11BBrClN2. The lowest BCUT2D eigenvalue weighted by atomic mass is 9.85. The van der Waals surface area contributed by atoms with E-state index < -0.39 is 0 Å². The van der Waals surface area contributed by atoms with Crippen LogP contribution in [-0.2, 0) is 13.0 Å². The van der Waals surface area contributed by atoms with Crippen LogP contribution in [0.2, 0.25) is 5.28 Å². The minimum Gasteiger partial charge on any atom is -0.314 e. The molecule has 5 heteroatoms. The lowest BCUT2D eigenvalue weighted by Gasteiger charge is -2.19. The van der Waals surface area contributed by atoms with Crippen molar-refractivity contribution in [3.8, 4) is 0 Å². The highest BCUT2D eigenvalue weighted by atomic mass is 79.9. The smallest absolute Gasteiger partial charge is 0.203 e. The molecule has 0 amide bonds. The van der Waals surface area contributed by atoms with Crippen molar-refractivity contribution in [2.45, 2.75) is 26.3 Å². The Balaban J connectivity index is 2.57. The van der Waals surface area contributed by atoms with Crippen LogP contribution >= 0.6 is 27.5 Å². The Morgan fingerprint density at radius 3 is 3.00 bits per heavy atom. The van der Waals surface area contributed by atoms with Gasteiger partial charge in [-0.15, -0.1) is 0 Å². The molecule has 16 heavy (non-hydrogen) atoms. The third-order valence-corrected chi connectivity index (χ3v) is 4.96. The monoisotopic (exact) mass is 296 g/mol. The van der Waals surface area contributed by atoms with Crippen molar-refractivity contribution in [1.82, 2.24) is 9.55 Å². The van der Waals surface area contributed by atoms with Gasteiger partial charge in [-0.3, -0.25) is 0 Å². The van der Waals surface area contributed by atoms with E-state index in [9.17, 15) is 0 Å². The van der Waals surface area contributed by atoms with Crippen molar-refractivity contribution in [3.05, 3.63) is 20.9 Å². The van der Waals surface area contributed by atoms with Gasteiger partial charge in [0.25, 0.3) is 0 Å². The zero-order chi connectivity index (χ0) is 11.4. The van der Waals surface area contributed by atoms with Gasteiger partial charge in [0.2, 0.25) is 5.28 Å². The molecule has 2 aromatic rings. The molecule has 1 aromatic heterocycles. The molecule has 0 saturated heterocycles. The van der Waals surface area contributed by atoms with Gasteiger partial charge in [0, 0.05) is 11.0 Å². The molecule has 0 N–H and O–H groups in total. The normalized spacial score (nSPS) is 14.7. The van der Waals surface area contributed by atoms with Gasteiger partial charge in [0.05, 0.1) is 11.0 Å². The molecule has 0 radical (unpaired) electrons. The van der Waals surface area contributed by atoms with Crippen LogP contribution in [0, 0.1) is 6.92 Å². The Hall–Kier alpha value is -0.475. The topological polar surface area (TPSA) is 17.8 Å². The Bertz CT molecular complexity index is 606. The molecule has 3 rings (SSSR count). The third kappa shape index (κ3) is 1.23. The molecule has 2 heterocycles. The molecule has 2 nitrogen and oxygen atoms in total. The highest BCUT2D eigenvalue weighted by Gasteiger charge is 2.22. The number of imidazole rings is 1. The van der Waals surface area contributed by atoms with Gasteiger partial charge in [-0.25, -0.2) is 4.98 Å². The van der Waals surface area contributed by atoms with Gasteiger partial charge in [-0.05, 0) is 42.5 Å². The Morgan fingerprint density at radius 2 is 2.25 bits per heavy atom. The van der Waals surface area contributed by atoms with Gasteiger partial charge >= 0.3 is 0 Å². The number of benzene rings is 1. The van der Waals surface area contributed by atoms with Crippen LogP contribution < -0.4 is 5.46 Å². The number of hydrogen-bond acceptors (Lipinski definition) is 1. The van der Waals surface area contributed by atoms with Gasteiger partial charge in [-0.2, -0.15) is 0 Å². The molecule has 0 spiro atoms. The van der Waals surface area contributed by atoms with E-state index in [1.54, 1.807) is 0 Å². The summed E-state index contributed by atoms with van der Waals surface area (Å²) in [4.78, 5) is 4.48. The van der Waals surface area contributed by atoms with Gasteiger partial charge in [0.1, 0.15) is 7.85 Å². The standard InChI is InChI=1S/C11H11BBrClN2/c1-5-8(13)7(12)6-3-2-4-16-10(6)9(5)15-11(16)14/h2-4,12H2,1H3. The summed E-state index contributed by atoms with van der Waals surface area (Å²) in [5, 5.41) is 0.622. The molecule has 0 atom stereocenters. The minimum atomic E-state index is 0.622. The first kappa shape index (κ1) is 10.7. The van der Waals surface area contributed by atoms with Crippen LogP contribution in [0.3, 0.4) is 0 Å². The van der Waals surface area contributed by atoms with E-state index in [4.69, 9.17) is 11.6 Å². The van der Waals surface area contributed by atoms with E-state index in [1.165, 1.54) is 26.6 Å². The number of aromatic nitrogens is 2. The summed E-state index contributed by atoms with van der Waals surface area (Å²) in [6.45, 7) is 3.08. The fourth-order valence-corrected chi connectivity index (χ4v) is 3.29. The van der Waals surface area contributed by atoms with Crippen LogP contribution in [0.1, 0.15) is 17.5 Å². The Labute approximate surface area is 109 Å². The first-order valence-corrected chi connectivity index (χ1v) is 6.61. The molecule has 0 saturated carbocycles. The maximum atomic E-state index is 6.19. The van der Waals surface area contributed by atoms with Crippen molar-refractivity contribution >= 4 is 51.9 Å². The second-order valence-electron chi connectivity index (χ2n) is 4.38. The molecule has 0 unspecified atom stereocenters. The lowest BCUT2D eigenvalue weighted by Crippen LogP contribution is -2.20. The van der Waals surface area contributed by atoms with E-state index in [2.05, 4.69) is 40.3 Å². The van der Waals surface area contributed by atoms with Crippen LogP contribution in [0.4, 0.5) is 0 Å². The lowest BCUT2D eigenvalue weighted by molar-refractivity contribution is 0.634. The first-order valence-electron chi connectivity index (χ1n) is 5.44. The molecule has 1 aliphatic rings. The Kier molecular flexibility index (Phi) is 2.34. The Morgan fingerprint density at radius 1 is 1.50 bits per heavy atom. The summed E-state index contributed by atoms with van der Waals surface area (Å²) in [7, 11) is 2.17. The molecule has 1 aromatic carbocycles. The molecular weight excluding hydrogens is 286 g/mol. The summed E-state index contributed by atoms with van der Waals surface area (Å²) < 4.78 is 3.32. The van der Waals surface area contributed by atoms with Crippen molar-refractivity contribution < 1.29 is 0 Å². The fourth-order valence-electron chi connectivity index (χ4n) is 2.61. The fraction of sp³-hybridized carbons (Fsp3) is 0.364. The van der Waals surface area contributed by atoms with Crippen LogP contribution in [0.15, 0.2) is 4.47 Å². The van der Waals surface area contributed by atoms with Crippen LogP contribution in [-0.4, -0.2) is 17.4 Å². The number of halogens is 2. The van der Waals surface area contributed by atoms with Crippen LogP contribution in [0.5, 0.6) is 0 Å². The second kappa shape index (κ2) is 3.51. The third-order valence-electron chi connectivity index (χ3n) is 3.48. The quantitative estimate of drug-likeness (QED) is 0.680. The SMILES string of the molecule is Bc1c(Br)c(C)c2nc(Cl)n3c2c1CCC3. The van der Waals surface area contributed by atoms with Crippen LogP contribution in [0.25, 0.3) is 11.0 Å². The molecule has 82 valence electrons. The molecule has 0 fully saturated rings. The average molecular weight is 297 g/mol. The van der Waals surface area contributed by atoms with Crippen molar-refractivity contribution in [3.63, 3.8) is 0 Å². The van der Waals surface area contributed by atoms with Crippen molar-refractivity contribution in [2.75, 3.05) is 0 Å². The van der Waals surface area contributed by atoms with Crippen molar-refractivity contribution in [2.24, 2.45) is 0 Å². The number of aryl methyl sites for hydroxylation is 3. The molecule has 0 aliphatic carbocycles. The summed E-state index contributed by atoms with van der Waals surface area (Å²) in [5.74, 6) is 0. The van der Waals surface area contributed by atoms with E-state index in [0.29, 0.717) is 5.28 Å². The van der Waals surface area contributed by atoms with Gasteiger partial charge in [0.15, 0.2) is 0 Å². The average Bonchev–Trinajstić information content (AvgIpc) is 2.63.